The van der Waals surface area contributed by atoms with Crippen molar-refractivity contribution in [3.63, 3.8) is 0 Å². The molecule has 3 rings (SSSR count). The predicted molar refractivity (Wildman–Crippen MR) is 123 cm³/mol. The van der Waals surface area contributed by atoms with Crippen molar-refractivity contribution in [2.24, 2.45) is 0 Å². The maximum atomic E-state index is 13.2. The van der Waals surface area contributed by atoms with E-state index in [0.717, 1.165) is 15.6 Å². The zero-order valence-electron chi connectivity index (χ0n) is 16.6. The second kappa shape index (κ2) is 10.0. The van der Waals surface area contributed by atoms with E-state index in [1.165, 1.54) is 16.4 Å². The Morgan fingerprint density at radius 3 is 2.33 bits per heavy atom. The minimum absolute atomic E-state index is 0.155. The van der Waals surface area contributed by atoms with Crippen LogP contribution in [-0.2, 0) is 21.2 Å². The molecule has 0 aliphatic heterocycles. The van der Waals surface area contributed by atoms with Gasteiger partial charge in [0.25, 0.3) is 0 Å². The van der Waals surface area contributed by atoms with E-state index in [1.54, 1.807) is 18.2 Å². The van der Waals surface area contributed by atoms with Crippen LogP contribution in [0.3, 0.4) is 0 Å². The van der Waals surface area contributed by atoms with Crippen LogP contribution in [0.4, 0.5) is 5.69 Å². The number of halogens is 1. The van der Waals surface area contributed by atoms with E-state index in [1.807, 2.05) is 55.5 Å². The monoisotopic (exact) mass is 486 g/mol. The van der Waals surface area contributed by atoms with Crippen molar-refractivity contribution in [2.75, 3.05) is 18.4 Å². The van der Waals surface area contributed by atoms with Crippen molar-refractivity contribution in [3.05, 3.63) is 94.5 Å². The summed E-state index contributed by atoms with van der Waals surface area (Å²) in [4.78, 5) is 12.8. The molecule has 3 aromatic carbocycles. The number of sulfonamides is 1. The normalized spacial score (nSPS) is 11.4. The second-order valence-electron chi connectivity index (χ2n) is 6.95. The number of aryl methyl sites for hydroxylation is 1. The van der Waals surface area contributed by atoms with Crippen LogP contribution in [0, 0.1) is 6.92 Å². The van der Waals surface area contributed by atoms with E-state index in [4.69, 9.17) is 0 Å². The molecule has 1 N–H and O–H groups in total. The number of hydrogen-bond donors (Lipinski definition) is 1. The first-order valence-electron chi connectivity index (χ1n) is 9.51. The molecule has 0 saturated heterocycles. The molecule has 1 amide bonds. The third-order valence-electron chi connectivity index (χ3n) is 4.57. The lowest BCUT2D eigenvalue weighted by atomic mass is 10.1. The molecule has 0 aliphatic rings. The number of rotatable bonds is 8. The van der Waals surface area contributed by atoms with E-state index >= 15 is 0 Å². The van der Waals surface area contributed by atoms with Gasteiger partial charge in [-0.15, -0.1) is 0 Å². The molecule has 5 nitrogen and oxygen atoms in total. The lowest BCUT2D eigenvalue weighted by Crippen LogP contribution is -2.39. The molecule has 0 bridgehead atoms. The number of carbonyl (C=O) groups is 1. The smallest absolute Gasteiger partial charge is 0.243 e. The summed E-state index contributed by atoms with van der Waals surface area (Å²) in [5.74, 6) is -0.380. The summed E-state index contributed by atoms with van der Waals surface area (Å²) < 4.78 is 28.5. The third kappa shape index (κ3) is 6.01. The Balaban J connectivity index is 1.80. The van der Waals surface area contributed by atoms with Crippen LogP contribution in [0.25, 0.3) is 0 Å². The molecule has 0 unspecified atom stereocenters. The van der Waals surface area contributed by atoms with Crippen LogP contribution < -0.4 is 5.32 Å². The van der Waals surface area contributed by atoms with Crippen molar-refractivity contribution in [1.82, 2.24) is 4.31 Å². The number of anilines is 1. The lowest BCUT2D eigenvalue weighted by Gasteiger charge is -2.22. The highest BCUT2D eigenvalue weighted by Crippen LogP contribution is 2.20. The lowest BCUT2D eigenvalue weighted by molar-refractivity contribution is -0.116. The highest BCUT2D eigenvalue weighted by molar-refractivity contribution is 9.10. The van der Waals surface area contributed by atoms with E-state index in [2.05, 4.69) is 21.2 Å². The third-order valence-corrected chi connectivity index (χ3v) is 6.95. The van der Waals surface area contributed by atoms with E-state index in [0.29, 0.717) is 12.1 Å². The fourth-order valence-electron chi connectivity index (χ4n) is 3.02. The Labute approximate surface area is 185 Å². The van der Waals surface area contributed by atoms with Crippen LogP contribution >= 0.6 is 15.9 Å². The van der Waals surface area contributed by atoms with E-state index in [9.17, 15) is 13.2 Å². The van der Waals surface area contributed by atoms with Gasteiger partial charge < -0.3 is 5.32 Å². The van der Waals surface area contributed by atoms with Crippen molar-refractivity contribution in [3.8, 4) is 0 Å². The topological polar surface area (TPSA) is 66.5 Å². The van der Waals surface area contributed by atoms with Gasteiger partial charge in [0, 0.05) is 16.7 Å². The molecule has 0 fully saturated rings. The van der Waals surface area contributed by atoms with Gasteiger partial charge in [-0.05, 0) is 60.9 Å². The summed E-state index contributed by atoms with van der Waals surface area (Å²) in [6.45, 7) is 1.86. The molecule has 0 saturated carbocycles. The molecule has 0 radical (unpaired) electrons. The summed E-state index contributed by atoms with van der Waals surface area (Å²) in [7, 11) is -3.83. The van der Waals surface area contributed by atoms with Gasteiger partial charge in [-0.2, -0.15) is 4.31 Å². The minimum atomic E-state index is -3.83. The fourth-order valence-corrected chi connectivity index (χ4v) is 4.68. The van der Waals surface area contributed by atoms with Gasteiger partial charge in [0.15, 0.2) is 0 Å². The van der Waals surface area contributed by atoms with Crippen LogP contribution in [-0.4, -0.2) is 31.7 Å². The summed E-state index contributed by atoms with van der Waals surface area (Å²) >= 11 is 3.32. The van der Waals surface area contributed by atoms with E-state index in [-0.39, 0.29) is 23.9 Å². The number of nitrogens with zero attached hydrogens (tertiary/aromatic N) is 1. The van der Waals surface area contributed by atoms with Crippen LogP contribution in [0.2, 0.25) is 0 Å². The van der Waals surface area contributed by atoms with Crippen LogP contribution in [0.1, 0.15) is 11.1 Å². The molecule has 0 aromatic heterocycles. The average Bonchev–Trinajstić information content (AvgIpc) is 2.72. The number of benzene rings is 3. The second-order valence-corrected chi connectivity index (χ2v) is 9.80. The van der Waals surface area contributed by atoms with Gasteiger partial charge in [0.1, 0.15) is 0 Å². The van der Waals surface area contributed by atoms with Crippen molar-refractivity contribution >= 4 is 37.5 Å². The summed E-state index contributed by atoms with van der Waals surface area (Å²) in [5, 5.41) is 2.79. The fraction of sp³-hybridized carbons (Fsp3) is 0.174. The van der Waals surface area contributed by atoms with Crippen LogP contribution in [0.5, 0.6) is 0 Å². The minimum Gasteiger partial charge on any atom is -0.325 e. The number of amides is 1. The molecule has 30 heavy (non-hydrogen) atoms. The molecule has 0 atom stereocenters. The summed E-state index contributed by atoms with van der Waals surface area (Å²) in [6.07, 6.45) is 0.508. The molecule has 3 aromatic rings. The standard InChI is InChI=1S/C23H23BrN2O3S/c1-18-6-5-9-21(16-18)25-23(27)17-26(15-14-19-7-3-2-4-8-19)30(28,29)22-12-10-20(24)11-13-22/h2-13,16H,14-15,17H2,1H3,(H,25,27). The maximum absolute atomic E-state index is 13.2. The average molecular weight is 487 g/mol. The van der Waals surface area contributed by atoms with Gasteiger partial charge in [-0.25, -0.2) is 8.42 Å². The summed E-state index contributed by atoms with van der Waals surface area (Å²) in [6, 6.07) is 23.4. The quantitative estimate of drug-likeness (QED) is 0.504. The zero-order chi connectivity index (χ0) is 21.6. The Kier molecular flexibility index (Phi) is 7.42. The Hall–Kier alpha value is -2.48. The molecule has 0 aliphatic carbocycles. The van der Waals surface area contributed by atoms with Crippen LogP contribution in [0.15, 0.2) is 88.2 Å². The zero-order valence-corrected chi connectivity index (χ0v) is 19.0. The van der Waals surface area contributed by atoms with Gasteiger partial charge >= 0.3 is 0 Å². The first-order valence-corrected chi connectivity index (χ1v) is 11.7. The first-order chi connectivity index (χ1) is 14.3. The van der Waals surface area contributed by atoms with Gasteiger partial charge in [0.2, 0.25) is 15.9 Å². The van der Waals surface area contributed by atoms with Gasteiger partial charge in [0.05, 0.1) is 11.4 Å². The molecule has 7 heteroatoms. The highest BCUT2D eigenvalue weighted by atomic mass is 79.9. The number of hydrogen-bond acceptors (Lipinski definition) is 3. The van der Waals surface area contributed by atoms with Crippen molar-refractivity contribution < 1.29 is 13.2 Å². The maximum Gasteiger partial charge on any atom is 0.243 e. The van der Waals surface area contributed by atoms with E-state index < -0.39 is 10.0 Å². The SMILES string of the molecule is Cc1cccc(NC(=O)CN(CCc2ccccc2)S(=O)(=O)c2ccc(Br)cc2)c1. The molecule has 0 heterocycles. The molecule has 0 spiro atoms. The number of nitrogens with one attached hydrogen (secondary N) is 1. The molecule has 156 valence electrons. The first kappa shape index (κ1) is 22.2. The van der Waals surface area contributed by atoms with Gasteiger partial charge in [-0.3, -0.25) is 4.79 Å². The Morgan fingerprint density at radius 2 is 1.67 bits per heavy atom. The van der Waals surface area contributed by atoms with Gasteiger partial charge in [-0.1, -0.05) is 58.4 Å². The molecular weight excluding hydrogens is 464 g/mol. The molecular formula is C23H23BrN2O3S. The van der Waals surface area contributed by atoms with Crippen molar-refractivity contribution in [2.45, 2.75) is 18.2 Å². The Bertz CT molecular complexity index is 1100. The largest absolute Gasteiger partial charge is 0.325 e. The van der Waals surface area contributed by atoms with Crippen molar-refractivity contribution in [1.29, 1.82) is 0 Å². The Morgan fingerprint density at radius 1 is 0.967 bits per heavy atom. The summed E-state index contributed by atoms with van der Waals surface area (Å²) in [5.41, 5.74) is 2.66. The predicted octanol–water partition coefficient (Wildman–Crippen LogP) is 4.63. The highest BCUT2D eigenvalue weighted by Gasteiger charge is 2.26. The number of carbonyl (C=O) groups excluding carboxylic acids is 1.